The van der Waals surface area contributed by atoms with Gasteiger partial charge in [0.15, 0.2) is 12.0 Å². The van der Waals surface area contributed by atoms with Crippen molar-refractivity contribution in [1.82, 2.24) is 5.32 Å². The molecule has 9 heteroatoms. The first-order valence-electron chi connectivity index (χ1n) is 5.30. The molecule has 1 aliphatic heterocycles. The SMILES string of the molecule is COOOc1cccc2c1[B]OC2C(O)NC(=O)O. The van der Waals surface area contributed by atoms with E-state index in [0.717, 1.165) is 0 Å². The lowest BCUT2D eigenvalue weighted by Gasteiger charge is -2.19. The molecular weight excluding hydrogens is 257 g/mol. The topological polar surface area (TPSA) is 106 Å². The minimum atomic E-state index is -1.39. The largest absolute Gasteiger partial charge is 0.465 e. The van der Waals surface area contributed by atoms with Crippen LogP contribution >= 0.6 is 0 Å². The molecule has 0 fully saturated rings. The van der Waals surface area contributed by atoms with Gasteiger partial charge in [0.25, 0.3) is 0 Å². The molecule has 2 rings (SSSR count). The molecule has 0 saturated heterocycles. The maximum Gasteiger partial charge on any atom is 0.406 e. The maximum atomic E-state index is 10.5. The Hall–Kier alpha value is -1.81. The van der Waals surface area contributed by atoms with E-state index in [9.17, 15) is 9.90 Å². The number of fused-ring (bicyclic) bond motifs is 1. The van der Waals surface area contributed by atoms with Gasteiger partial charge in [-0.05, 0) is 22.1 Å². The highest BCUT2D eigenvalue weighted by Crippen LogP contribution is 2.27. The van der Waals surface area contributed by atoms with E-state index in [0.29, 0.717) is 16.8 Å². The summed E-state index contributed by atoms with van der Waals surface area (Å²) < 4.78 is 5.23. The number of amides is 1. The molecule has 0 aliphatic carbocycles. The number of carboxylic acid groups (broad SMARTS) is 1. The van der Waals surface area contributed by atoms with E-state index in [1.54, 1.807) is 18.2 Å². The third-order valence-corrected chi connectivity index (χ3v) is 2.49. The van der Waals surface area contributed by atoms with Gasteiger partial charge in [-0.25, -0.2) is 4.79 Å². The smallest absolute Gasteiger partial charge is 0.406 e. The molecule has 0 saturated carbocycles. The van der Waals surface area contributed by atoms with Crippen molar-refractivity contribution in [2.45, 2.75) is 12.3 Å². The van der Waals surface area contributed by atoms with Crippen LogP contribution in [0.4, 0.5) is 4.79 Å². The van der Waals surface area contributed by atoms with Gasteiger partial charge in [0.05, 0.1) is 7.11 Å². The predicted molar refractivity (Wildman–Crippen MR) is 61.5 cm³/mol. The van der Waals surface area contributed by atoms with Crippen LogP contribution in [0, 0.1) is 0 Å². The molecule has 1 amide bonds. The zero-order chi connectivity index (χ0) is 13.8. The molecule has 1 aromatic carbocycles. The molecule has 8 nitrogen and oxygen atoms in total. The van der Waals surface area contributed by atoms with Crippen LogP contribution in [0.5, 0.6) is 5.75 Å². The summed E-state index contributed by atoms with van der Waals surface area (Å²) in [5.74, 6) is 0.323. The zero-order valence-electron chi connectivity index (χ0n) is 9.90. The van der Waals surface area contributed by atoms with Crippen LogP contribution in [0.2, 0.25) is 0 Å². The first-order valence-corrected chi connectivity index (χ1v) is 5.30. The van der Waals surface area contributed by atoms with Gasteiger partial charge in [-0.15, -0.1) is 0 Å². The molecule has 19 heavy (non-hydrogen) atoms. The van der Waals surface area contributed by atoms with Crippen LogP contribution in [-0.4, -0.2) is 37.1 Å². The molecule has 1 aliphatic rings. The molecule has 3 N–H and O–H groups in total. The van der Waals surface area contributed by atoms with Gasteiger partial charge in [-0.1, -0.05) is 12.1 Å². The number of hydrogen-bond acceptors (Lipinski definition) is 6. The van der Waals surface area contributed by atoms with Crippen molar-refractivity contribution in [3.8, 4) is 5.75 Å². The number of rotatable bonds is 5. The summed E-state index contributed by atoms with van der Waals surface area (Å²) in [5, 5.41) is 24.5. The van der Waals surface area contributed by atoms with Crippen LogP contribution < -0.4 is 15.7 Å². The fraction of sp³-hybridized carbons (Fsp3) is 0.300. The third kappa shape index (κ3) is 2.96. The van der Waals surface area contributed by atoms with Crippen molar-refractivity contribution >= 4 is 19.0 Å². The Bertz CT molecular complexity index is 469. The Morgan fingerprint density at radius 3 is 3.05 bits per heavy atom. The Labute approximate surface area is 109 Å². The molecule has 0 aromatic heterocycles. The van der Waals surface area contributed by atoms with E-state index in [-0.39, 0.29) is 0 Å². The standard InChI is InChI=1S/C10H11BNO7/c1-16-19-18-6-4-2-3-5-7(6)11-17-8(5)9(13)12-10(14)15/h2-4,8-9,12-13H,1H3,(H,14,15). The Morgan fingerprint density at radius 2 is 2.37 bits per heavy atom. The summed E-state index contributed by atoms with van der Waals surface area (Å²) in [6.45, 7) is 0. The van der Waals surface area contributed by atoms with Gasteiger partial charge < -0.3 is 19.8 Å². The fourth-order valence-corrected chi connectivity index (χ4v) is 1.74. The highest BCUT2D eigenvalue weighted by atomic mass is 17.5. The van der Waals surface area contributed by atoms with Crippen molar-refractivity contribution in [1.29, 1.82) is 0 Å². The molecule has 0 spiro atoms. The normalized spacial score (nSPS) is 18.3. The molecular formula is C10H11BNO7. The van der Waals surface area contributed by atoms with E-state index in [1.165, 1.54) is 14.6 Å². The van der Waals surface area contributed by atoms with Crippen LogP contribution in [-0.2, 0) is 14.6 Å². The monoisotopic (exact) mass is 268 g/mol. The highest BCUT2D eigenvalue weighted by Gasteiger charge is 2.33. The Kier molecular flexibility index (Phi) is 4.22. The minimum absolute atomic E-state index is 0.323. The molecule has 1 aromatic rings. The van der Waals surface area contributed by atoms with Gasteiger partial charge in [0, 0.05) is 0 Å². The van der Waals surface area contributed by atoms with Crippen molar-refractivity contribution in [3.05, 3.63) is 23.8 Å². The lowest BCUT2D eigenvalue weighted by Crippen LogP contribution is -2.38. The number of nitrogens with one attached hydrogen (secondary N) is 1. The van der Waals surface area contributed by atoms with Crippen molar-refractivity contribution in [3.63, 3.8) is 0 Å². The Morgan fingerprint density at radius 1 is 1.58 bits per heavy atom. The van der Waals surface area contributed by atoms with Crippen molar-refractivity contribution < 1.29 is 34.5 Å². The summed E-state index contributed by atoms with van der Waals surface area (Å²) in [7, 11) is 2.63. The summed E-state index contributed by atoms with van der Waals surface area (Å²) in [5.41, 5.74) is 1.11. The van der Waals surface area contributed by atoms with E-state index >= 15 is 0 Å². The lowest BCUT2D eigenvalue weighted by molar-refractivity contribution is -0.453. The molecule has 2 atom stereocenters. The second kappa shape index (κ2) is 5.89. The number of hydrogen-bond donors (Lipinski definition) is 3. The van der Waals surface area contributed by atoms with Gasteiger partial charge in [-0.3, -0.25) is 5.32 Å². The minimum Gasteiger partial charge on any atom is -0.465 e. The Balaban J connectivity index is 2.18. The van der Waals surface area contributed by atoms with Crippen LogP contribution in [0.15, 0.2) is 18.2 Å². The van der Waals surface area contributed by atoms with Crippen molar-refractivity contribution in [2.75, 3.05) is 7.11 Å². The van der Waals surface area contributed by atoms with Gasteiger partial charge >= 0.3 is 13.6 Å². The molecule has 101 valence electrons. The average Bonchev–Trinajstić information content (AvgIpc) is 2.79. The summed E-state index contributed by atoms with van der Waals surface area (Å²) in [6.07, 6.45) is -3.59. The van der Waals surface area contributed by atoms with Crippen LogP contribution in [0.3, 0.4) is 0 Å². The summed E-state index contributed by atoms with van der Waals surface area (Å²) in [6, 6.07) is 4.93. The number of aliphatic hydroxyl groups excluding tert-OH is 1. The zero-order valence-corrected chi connectivity index (χ0v) is 9.90. The van der Waals surface area contributed by atoms with Crippen LogP contribution in [0.1, 0.15) is 11.7 Å². The quantitative estimate of drug-likeness (QED) is 0.285. The first-order chi connectivity index (χ1) is 9.13. The molecule has 1 radical (unpaired) electrons. The number of benzene rings is 1. The van der Waals surface area contributed by atoms with Gasteiger partial charge in [-0.2, -0.15) is 4.89 Å². The molecule has 0 bridgehead atoms. The van der Waals surface area contributed by atoms with E-state index < -0.39 is 18.4 Å². The second-order valence-corrected chi connectivity index (χ2v) is 3.65. The van der Waals surface area contributed by atoms with E-state index in [1.807, 2.05) is 5.32 Å². The fourth-order valence-electron chi connectivity index (χ4n) is 1.74. The maximum absolute atomic E-state index is 10.5. The van der Waals surface area contributed by atoms with Crippen molar-refractivity contribution in [2.24, 2.45) is 0 Å². The van der Waals surface area contributed by atoms with Gasteiger partial charge in [0.2, 0.25) is 0 Å². The number of carbonyl (C=O) groups is 1. The average molecular weight is 268 g/mol. The lowest BCUT2D eigenvalue weighted by atomic mass is 9.85. The summed E-state index contributed by atoms with van der Waals surface area (Å²) >= 11 is 0. The van der Waals surface area contributed by atoms with Crippen LogP contribution in [0.25, 0.3) is 0 Å². The molecule has 1 heterocycles. The van der Waals surface area contributed by atoms with E-state index in [4.69, 9.17) is 14.6 Å². The second-order valence-electron chi connectivity index (χ2n) is 3.65. The number of aliphatic hydroxyl groups is 1. The predicted octanol–water partition coefficient (Wildman–Crippen LogP) is -0.540. The summed E-state index contributed by atoms with van der Waals surface area (Å²) in [4.78, 5) is 19.7. The molecule has 2 unspecified atom stereocenters. The first kappa shape index (κ1) is 13.6. The third-order valence-electron chi connectivity index (χ3n) is 2.49. The highest BCUT2D eigenvalue weighted by molar-refractivity contribution is 6.50. The van der Waals surface area contributed by atoms with Gasteiger partial charge in [0.1, 0.15) is 6.10 Å². The van der Waals surface area contributed by atoms with E-state index in [2.05, 4.69) is 9.93 Å².